The molecule has 1 atom stereocenters. The average Bonchev–Trinajstić information content (AvgIpc) is 0.650. The van der Waals surface area contributed by atoms with Crippen LogP contribution in [-0.4, -0.2) is 0 Å². The van der Waals surface area contributed by atoms with Gasteiger partial charge in [-0.1, -0.05) is 612 Å². The zero-order chi connectivity index (χ0) is 96.3. The summed E-state index contributed by atoms with van der Waals surface area (Å²) in [6.07, 6.45) is 98.4. The van der Waals surface area contributed by atoms with Crippen molar-refractivity contribution in [3.8, 4) is 0 Å². The smallest absolute Gasteiger partial charge is 0.0538 e. The molecule has 0 nitrogen and oxygen atoms in total. The van der Waals surface area contributed by atoms with Gasteiger partial charge in [-0.25, -0.2) is 0 Å². The van der Waals surface area contributed by atoms with Gasteiger partial charge < -0.3 is 0 Å². The largest absolute Gasteiger partial charge is 0.0654 e. The molecule has 0 fully saturated rings. The Morgan fingerprint density at radius 2 is 0.432 bits per heavy atom. The van der Waals surface area contributed by atoms with E-state index in [0.29, 0.717) is 0 Å². The molecule has 0 bridgehead atoms. The van der Waals surface area contributed by atoms with Crippen molar-refractivity contribution in [3.63, 3.8) is 0 Å². The number of fused-ring (bicyclic) bond motifs is 3. The summed E-state index contributed by atoms with van der Waals surface area (Å²) in [5.41, 5.74) is 31.3. The normalized spacial score (nSPS) is 14.5. The van der Waals surface area contributed by atoms with Gasteiger partial charge in [0.05, 0.1) is 5.41 Å². The second-order valence-electron chi connectivity index (χ2n) is 50.2. The third-order valence-corrected chi connectivity index (χ3v) is 32.1. The molecule has 0 saturated heterocycles. The van der Waals surface area contributed by atoms with Crippen LogP contribution in [0, 0.1) is 5.92 Å². The van der Waals surface area contributed by atoms with E-state index in [4.69, 9.17) is 0 Å². The molecule has 0 saturated carbocycles. The molecule has 0 N–H and O–H groups in total. The highest BCUT2D eigenvalue weighted by atomic mass is 14.6. The molecule has 0 amide bonds. The third kappa shape index (κ3) is 39.1. The van der Waals surface area contributed by atoms with E-state index in [1.165, 1.54) is 473 Å². The van der Waals surface area contributed by atoms with Crippen LogP contribution in [0.5, 0.6) is 0 Å². The first-order valence-corrected chi connectivity index (χ1v) is 59.5. The Labute approximate surface area is 827 Å². The van der Waals surface area contributed by atoms with Crippen LogP contribution in [0.25, 0.3) is 16.7 Å². The maximum atomic E-state index is 2.89. The van der Waals surface area contributed by atoms with E-state index in [-0.39, 0.29) is 38.4 Å². The van der Waals surface area contributed by atoms with Crippen LogP contribution in [0.15, 0.2) is 60.2 Å². The van der Waals surface area contributed by atoms with Crippen LogP contribution in [0.1, 0.15) is 686 Å². The Balaban J connectivity index is 1.94. The number of unbranched alkanes of at least 4 members (excludes halogenated alkanes) is 60. The molecule has 0 heterocycles. The second-order valence-corrected chi connectivity index (χ2v) is 50.2. The summed E-state index contributed by atoms with van der Waals surface area (Å²) in [6, 6.07) is 25.2. The molecule has 4 aromatic rings. The summed E-state index contributed by atoms with van der Waals surface area (Å²) in [4.78, 5) is 0. The predicted molar refractivity (Wildman–Crippen MR) is 599 cm³/mol. The van der Waals surface area contributed by atoms with E-state index in [0.717, 1.165) is 6.42 Å². The second kappa shape index (κ2) is 63.2. The Hall–Kier alpha value is -3.64. The number of hydrogen-bond acceptors (Lipinski definition) is 0. The molecule has 1 unspecified atom stereocenters. The fraction of sp³-hybridized carbons (Fsp3) is 0.788. The van der Waals surface area contributed by atoms with Gasteiger partial charge in [-0.3, -0.25) is 0 Å². The van der Waals surface area contributed by atoms with E-state index >= 15 is 0 Å². The van der Waals surface area contributed by atoms with E-state index in [1.807, 2.05) is 33.4 Å². The van der Waals surface area contributed by atoms with Gasteiger partial charge in [-0.05, 0) is 209 Å². The molecule has 0 spiro atoms. The molecule has 0 heteroatoms. The fourth-order valence-corrected chi connectivity index (χ4v) is 23.7. The zero-order valence-electron chi connectivity index (χ0n) is 93.7. The van der Waals surface area contributed by atoms with Crippen molar-refractivity contribution in [2.45, 2.75) is 666 Å². The maximum Gasteiger partial charge on any atom is 0.0538 e. The third-order valence-electron chi connectivity index (χ3n) is 32.1. The highest BCUT2D eigenvalue weighted by Crippen LogP contribution is 2.71. The van der Waals surface area contributed by atoms with Crippen molar-refractivity contribution in [2.24, 2.45) is 5.92 Å². The summed E-state index contributed by atoms with van der Waals surface area (Å²) in [5, 5.41) is 0. The molecule has 0 aliphatic heterocycles. The van der Waals surface area contributed by atoms with Crippen molar-refractivity contribution in [1.82, 2.24) is 0 Å². The predicted octanol–water partition coefficient (Wildman–Crippen LogP) is 44.6. The van der Waals surface area contributed by atoms with Crippen LogP contribution in [-0.2, 0) is 63.6 Å². The monoisotopic (exact) mass is 1810 g/mol. The summed E-state index contributed by atoms with van der Waals surface area (Å²) in [5.74, 6) is 0.159. The van der Waals surface area contributed by atoms with Gasteiger partial charge in [0.15, 0.2) is 0 Å². The molecule has 0 aromatic heterocycles. The summed E-state index contributed by atoms with van der Waals surface area (Å²) < 4.78 is 0. The minimum absolute atomic E-state index is 0.00507. The molecule has 754 valence electrons. The van der Waals surface area contributed by atoms with Crippen LogP contribution < -0.4 is 0 Å². The fourth-order valence-electron chi connectivity index (χ4n) is 23.7. The van der Waals surface area contributed by atoms with Crippen molar-refractivity contribution in [2.75, 3.05) is 0 Å². The highest BCUT2D eigenvalue weighted by molar-refractivity contribution is 6.20. The lowest BCUT2D eigenvalue weighted by Crippen LogP contribution is -2.48. The Morgan fingerprint density at radius 1 is 0.212 bits per heavy atom. The van der Waals surface area contributed by atoms with E-state index in [2.05, 4.69) is 221 Å². The van der Waals surface area contributed by atoms with E-state index < -0.39 is 5.41 Å². The minimum atomic E-state index is -0.558. The van der Waals surface area contributed by atoms with Crippen LogP contribution >= 0.6 is 0 Å². The zero-order valence-corrected chi connectivity index (χ0v) is 93.7. The highest BCUT2D eigenvalue weighted by Gasteiger charge is 2.59. The van der Waals surface area contributed by atoms with Gasteiger partial charge in [0.2, 0.25) is 0 Å². The molecular weight excluding hydrogens is 1590 g/mol. The van der Waals surface area contributed by atoms with Gasteiger partial charge in [0, 0.05) is 5.92 Å². The molecule has 4 aromatic carbocycles. The van der Waals surface area contributed by atoms with Gasteiger partial charge >= 0.3 is 0 Å². The number of allylic oxidation sites excluding steroid dienone is 4. The minimum Gasteiger partial charge on any atom is -0.0654 e. The van der Waals surface area contributed by atoms with Gasteiger partial charge in [-0.15, -0.1) is 0 Å². The van der Waals surface area contributed by atoms with Crippen LogP contribution in [0.3, 0.4) is 0 Å². The van der Waals surface area contributed by atoms with Gasteiger partial charge in [-0.2, -0.15) is 0 Å². The molecule has 2 aliphatic rings. The average molecular weight is 1810 g/mol. The first-order chi connectivity index (χ1) is 63.3. The summed E-state index contributed by atoms with van der Waals surface area (Å²) in [7, 11) is 0. The molecule has 6 rings (SSSR count). The topological polar surface area (TPSA) is 0 Å². The van der Waals surface area contributed by atoms with E-state index in [9.17, 15) is 0 Å². The quantitative estimate of drug-likeness (QED) is 0.0387. The lowest BCUT2D eigenvalue weighted by atomic mass is 9.44. The van der Waals surface area contributed by atoms with Crippen LogP contribution in [0.2, 0.25) is 0 Å². The van der Waals surface area contributed by atoms with Crippen LogP contribution in [0.4, 0.5) is 0 Å². The summed E-state index contributed by atoms with van der Waals surface area (Å²) in [6.45, 7) is 60.7. The van der Waals surface area contributed by atoms with E-state index in [1.54, 1.807) is 55.7 Å². The Morgan fingerprint density at radius 3 is 0.689 bits per heavy atom. The van der Waals surface area contributed by atoms with Crippen molar-refractivity contribution in [3.05, 3.63) is 144 Å². The molecule has 0 radical (unpaired) electrons. The van der Waals surface area contributed by atoms with Crippen molar-refractivity contribution >= 4 is 16.7 Å². The van der Waals surface area contributed by atoms with Gasteiger partial charge in [0.25, 0.3) is 0 Å². The number of hydrogen-bond donors (Lipinski definition) is 0. The van der Waals surface area contributed by atoms with Crippen molar-refractivity contribution < 1.29 is 0 Å². The first kappa shape index (κ1) is 117. The standard InChI is InChI=1S/C132H226/c1-25-31-37-43-49-55-61-67-73-79-85-91-109-110(92-86-80-74-68-62-56-50-44-38-32-26-2)112(94-88-82-76-70-64-58-52-46-40-34-28-4)123-122(111(109)93-87-81-75-69-63-57-51-45-39-33-27-3)124-114(95-89-83-77-71-65-59-53-47-41-35-29-5)121(113-100-97-106(126(7,8)9)103-118(113)129(16,17)18)117(96-90-84-78-72-66-60-54-48-42-36-30-6)132(125(123)124,115-101-98-107(127(10,11)12)104-119(115)130(19,20)21)116-102-99-108(128(13,14)15)105-120(116)131(22,23)24/h97-105,117H,25-96H2,1-24H3. The Kier molecular flexibility index (Phi) is 56.1. The first-order valence-electron chi connectivity index (χ1n) is 59.5. The SMILES string of the molecule is CCCCCCCCCCCCCC1=C(c2ccc(C(C)(C)C)cc2C(C)(C)C)C(CCCCCCCCCCCCC)C(c2ccc(C(C)(C)C)cc2C(C)(C)C)(c2ccc(C(C)(C)C)cc2C(C)(C)C)C2=C1c1c(CCCCCCCCCCCCC)c(CCCCCCCCCCCCC)c(CCCCCCCCCCCCC)c(CCCCCCCCCCCCC)c12. The molecule has 132 heavy (non-hydrogen) atoms. The molecule has 2 aliphatic carbocycles. The number of rotatable bonds is 75. The molecular formula is C132H226. The van der Waals surface area contributed by atoms with Gasteiger partial charge in [0.1, 0.15) is 0 Å². The lowest BCUT2D eigenvalue weighted by molar-refractivity contribution is 0.407. The number of benzene rings is 4. The maximum absolute atomic E-state index is 2.89. The summed E-state index contributed by atoms with van der Waals surface area (Å²) >= 11 is 0. The Bertz CT molecular complexity index is 3700. The lowest BCUT2D eigenvalue weighted by Gasteiger charge is -2.57. The van der Waals surface area contributed by atoms with Crippen molar-refractivity contribution in [1.29, 1.82) is 0 Å².